The Hall–Kier alpha value is -1.10. The second kappa shape index (κ2) is 9.75. The fourth-order valence-electron chi connectivity index (χ4n) is 2.16. The normalized spacial score (nSPS) is 15.7. The first kappa shape index (κ1) is 18.9. The van der Waals surface area contributed by atoms with Crippen molar-refractivity contribution in [2.45, 2.75) is 71.9 Å². The van der Waals surface area contributed by atoms with Crippen molar-refractivity contribution in [3.63, 3.8) is 0 Å². The molecule has 0 fully saturated rings. The second-order valence-corrected chi connectivity index (χ2v) is 6.06. The first-order valence-corrected chi connectivity index (χ1v) is 7.55. The lowest BCUT2D eigenvalue weighted by Gasteiger charge is -2.24. The molecule has 3 atom stereocenters. The Labute approximate surface area is 122 Å². The van der Waals surface area contributed by atoms with Crippen LogP contribution in [0.2, 0.25) is 0 Å². The van der Waals surface area contributed by atoms with Crippen LogP contribution < -0.4 is 11.1 Å². The van der Waals surface area contributed by atoms with Crippen LogP contribution in [0.1, 0.15) is 59.8 Å². The predicted molar refractivity (Wildman–Crippen MR) is 80.3 cm³/mol. The van der Waals surface area contributed by atoms with Crippen molar-refractivity contribution >= 4 is 11.9 Å². The molecule has 0 bridgehead atoms. The van der Waals surface area contributed by atoms with Gasteiger partial charge in [-0.25, -0.2) is 0 Å². The number of nitrogens with two attached hydrogens (primary N) is 1. The van der Waals surface area contributed by atoms with Crippen molar-refractivity contribution < 1.29 is 14.7 Å². The lowest BCUT2D eigenvalue weighted by Crippen LogP contribution is -2.48. The van der Waals surface area contributed by atoms with E-state index in [4.69, 9.17) is 10.8 Å². The van der Waals surface area contributed by atoms with Crippen molar-refractivity contribution in [2.24, 2.45) is 17.6 Å². The largest absolute Gasteiger partial charge is 0.481 e. The molecule has 0 saturated heterocycles. The van der Waals surface area contributed by atoms with Gasteiger partial charge in [0, 0.05) is 6.04 Å². The van der Waals surface area contributed by atoms with Gasteiger partial charge < -0.3 is 16.2 Å². The van der Waals surface area contributed by atoms with E-state index in [0.29, 0.717) is 12.3 Å². The van der Waals surface area contributed by atoms with E-state index in [9.17, 15) is 9.59 Å². The average molecular weight is 286 g/mol. The Bertz CT molecular complexity index is 305. The van der Waals surface area contributed by atoms with Crippen molar-refractivity contribution in [2.75, 3.05) is 0 Å². The summed E-state index contributed by atoms with van der Waals surface area (Å²) in [6.07, 6.45) is 3.94. The van der Waals surface area contributed by atoms with Gasteiger partial charge in [0.05, 0.1) is 12.5 Å². The Morgan fingerprint density at radius 2 is 1.85 bits per heavy atom. The molecule has 0 radical (unpaired) electrons. The lowest BCUT2D eigenvalue weighted by atomic mass is 9.94. The van der Waals surface area contributed by atoms with Crippen molar-refractivity contribution in [3.05, 3.63) is 0 Å². The number of nitrogens with one attached hydrogen (secondary N) is 1. The number of carbonyl (C=O) groups excluding carboxylic acids is 1. The zero-order chi connectivity index (χ0) is 15.7. The molecule has 1 amide bonds. The summed E-state index contributed by atoms with van der Waals surface area (Å²) >= 11 is 0. The number of carbonyl (C=O) groups is 2. The van der Waals surface area contributed by atoms with Gasteiger partial charge in [0.25, 0.3) is 0 Å². The minimum absolute atomic E-state index is 0.0398. The molecule has 0 aromatic carbocycles. The number of hydrogen-bond donors (Lipinski definition) is 3. The SMILES string of the molecule is CCCC[C@@H](C)C[C@@H](CC(=O)O)NC(=O)[C@@H](N)C(C)C. The zero-order valence-electron chi connectivity index (χ0n) is 13.2. The summed E-state index contributed by atoms with van der Waals surface area (Å²) in [7, 11) is 0. The molecule has 0 aliphatic carbocycles. The third kappa shape index (κ3) is 8.15. The number of amides is 1. The van der Waals surface area contributed by atoms with Gasteiger partial charge in [-0.1, -0.05) is 47.0 Å². The van der Waals surface area contributed by atoms with Crippen LogP contribution in [-0.2, 0) is 9.59 Å². The third-order valence-corrected chi connectivity index (χ3v) is 3.53. The molecular weight excluding hydrogens is 256 g/mol. The number of unbranched alkanes of at least 4 members (excludes halogenated alkanes) is 1. The molecule has 0 spiro atoms. The summed E-state index contributed by atoms with van der Waals surface area (Å²) < 4.78 is 0. The fourth-order valence-corrected chi connectivity index (χ4v) is 2.16. The molecule has 5 heteroatoms. The molecule has 118 valence electrons. The highest BCUT2D eigenvalue weighted by atomic mass is 16.4. The Morgan fingerprint density at radius 1 is 1.25 bits per heavy atom. The van der Waals surface area contributed by atoms with Gasteiger partial charge in [-0.05, 0) is 18.3 Å². The van der Waals surface area contributed by atoms with E-state index in [2.05, 4.69) is 19.2 Å². The van der Waals surface area contributed by atoms with Crippen LogP contribution in [0.3, 0.4) is 0 Å². The van der Waals surface area contributed by atoms with Gasteiger partial charge in [-0.3, -0.25) is 9.59 Å². The summed E-state index contributed by atoms with van der Waals surface area (Å²) in [5.74, 6) is -0.710. The molecule has 0 aliphatic heterocycles. The lowest BCUT2D eigenvalue weighted by molar-refractivity contribution is -0.137. The molecule has 5 nitrogen and oxygen atoms in total. The summed E-state index contributed by atoms with van der Waals surface area (Å²) in [6, 6.07) is -0.922. The number of carboxylic acid groups (broad SMARTS) is 1. The number of carboxylic acids is 1. The van der Waals surface area contributed by atoms with Crippen LogP contribution in [0.4, 0.5) is 0 Å². The van der Waals surface area contributed by atoms with Gasteiger partial charge >= 0.3 is 5.97 Å². The van der Waals surface area contributed by atoms with Gasteiger partial charge in [0.1, 0.15) is 0 Å². The molecule has 0 unspecified atom stereocenters. The van der Waals surface area contributed by atoms with Crippen molar-refractivity contribution in [1.82, 2.24) is 5.32 Å². The van der Waals surface area contributed by atoms with Crippen LogP contribution in [0.25, 0.3) is 0 Å². The van der Waals surface area contributed by atoms with Crippen molar-refractivity contribution in [1.29, 1.82) is 0 Å². The van der Waals surface area contributed by atoms with Crippen LogP contribution in [0.15, 0.2) is 0 Å². The molecule has 0 saturated carbocycles. The maximum absolute atomic E-state index is 11.9. The maximum atomic E-state index is 11.9. The van der Waals surface area contributed by atoms with E-state index in [0.717, 1.165) is 19.3 Å². The van der Waals surface area contributed by atoms with Crippen LogP contribution in [0.5, 0.6) is 0 Å². The average Bonchev–Trinajstić information content (AvgIpc) is 2.34. The Morgan fingerprint density at radius 3 is 2.30 bits per heavy atom. The maximum Gasteiger partial charge on any atom is 0.305 e. The molecule has 0 heterocycles. The number of hydrogen-bond acceptors (Lipinski definition) is 3. The molecule has 0 aliphatic rings. The standard InChI is InChI=1S/C15H30N2O3/c1-5-6-7-11(4)8-12(9-13(18)19)17-15(20)14(16)10(2)3/h10-12,14H,5-9,16H2,1-4H3,(H,17,20)(H,18,19)/t11-,12+,14+/m1/s1. The molecule has 0 rings (SSSR count). The summed E-state index contributed by atoms with van der Waals surface area (Å²) in [6.45, 7) is 7.98. The first-order chi connectivity index (χ1) is 9.27. The smallest absolute Gasteiger partial charge is 0.305 e. The van der Waals surface area contributed by atoms with E-state index < -0.39 is 12.0 Å². The quantitative estimate of drug-likeness (QED) is 0.573. The Kier molecular flexibility index (Phi) is 9.21. The van der Waals surface area contributed by atoms with Gasteiger partial charge in [-0.15, -0.1) is 0 Å². The van der Waals surface area contributed by atoms with Crippen molar-refractivity contribution in [3.8, 4) is 0 Å². The predicted octanol–water partition coefficient (Wildman–Crippen LogP) is 2.15. The summed E-state index contributed by atoms with van der Waals surface area (Å²) in [5, 5.41) is 11.7. The van der Waals surface area contributed by atoms with Crippen LogP contribution in [-0.4, -0.2) is 29.1 Å². The molecule has 0 aromatic heterocycles. The number of aliphatic carboxylic acids is 1. The molecule has 0 aromatic rings. The fraction of sp³-hybridized carbons (Fsp3) is 0.867. The molecule has 20 heavy (non-hydrogen) atoms. The Balaban J connectivity index is 4.48. The minimum atomic E-state index is -0.892. The highest BCUT2D eigenvalue weighted by Crippen LogP contribution is 2.16. The summed E-state index contributed by atoms with van der Waals surface area (Å²) in [5.41, 5.74) is 5.79. The minimum Gasteiger partial charge on any atom is -0.481 e. The van der Waals surface area contributed by atoms with E-state index in [1.807, 2.05) is 13.8 Å². The van der Waals surface area contributed by atoms with Gasteiger partial charge in [0.2, 0.25) is 5.91 Å². The van der Waals surface area contributed by atoms with E-state index >= 15 is 0 Å². The zero-order valence-corrected chi connectivity index (χ0v) is 13.2. The molecule has 4 N–H and O–H groups in total. The van der Waals surface area contributed by atoms with E-state index in [-0.39, 0.29) is 24.3 Å². The highest BCUT2D eigenvalue weighted by molar-refractivity contribution is 5.82. The third-order valence-electron chi connectivity index (χ3n) is 3.53. The summed E-state index contributed by atoms with van der Waals surface area (Å²) in [4.78, 5) is 22.9. The highest BCUT2D eigenvalue weighted by Gasteiger charge is 2.23. The van der Waals surface area contributed by atoms with Gasteiger partial charge in [0.15, 0.2) is 0 Å². The monoisotopic (exact) mass is 286 g/mol. The number of rotatable bonds is 10. The topological polar surface area (TPSA) is 92.4 Å². The van der Waals surface area contributed by atoms with E-state index in [1.165, 1.54) is 0 Å². The van der Waals surface area contributed by atoms with E-state index in [1.54, 1.807) is 0 Å². The molecular formula is C15H30N2O3. The van der Waals surface area contributed by atoms with Gasteiger partial charge in [-0.2, -0.15) is 0 Å². The first-order valence-electron chi connectivity index (χ1n) is 7.55. The van der Waals surface area contributed by atoms with Crippen LogP contribution >= 0.6 is 0 Å². The van der Waals surface area contributed by atoms with Crippen LogP contribution in [0, 0.1) is 11.8 Å². The second-order valence-electron chi connectivity index (χ2n) is 6.06.